The zero-order valence-corrected chi connectivity index (χ0v) is 12.3. The average Bonchev–Trinajstić information content (AvgIpc) is 2.99. The molecule has 1 heterocycles. The van der Waals surface area contributed by atoms with Gasteiger partial charge in [0.15, 0.2) is 0 Å². The molecule has 1 aromatic heterocycles. The van der Waals surface area contributed by atoms with E-state index in [0.717, 1.165) is 10.4 Å². The highest BCUT2D eigenvalue weighted by Crippen LogP contribution is 2.04. The largest absolute Gasteiger partial charge is 0.343 e. The maximum Gasteiger partial charge on any atom is 0.259 e. The van der Waals surface area contributed by atoms with Gasteiger partial charge in [-0.25, -0.2) is 5.43 Å². The van der Waals surface area contributed by atoms with Crippen LogP contribution >= 0.6 is 11.3 Å². The number of benzene rings is 1. The van der Waals surface area contributed by atoms with Crippen molar-refractivity contribution < 1.29 is 9.59 Å². The lowest BCUT2D eigenvalue weighted by molar-refractivity contribution is -0.120. The van der Waals surface area contributed by atoms with Crippen molar-refractivity contribution in [3.8, 4) is 0 Å². The lowest BCUT2D eigenvalue weighted by Gasteiger charge is -2.04. The minimum atomic E-state index is -0.372. The number of hydrogen-bond donors (Lipinski definition) is 2. The van der Waals surface area contributed by atoms with Crippen molar-refractivity contribution in [1.82, 2.24) is 10.7 Å². The zero-order valence-electron chi connectivity index (χ0n) is 11.5. The number of nitrogens with zero attached hydrogens (tertiary/aromatic N) is 1. The first-order valence-electron chi connectivity index (χ1n) is 6.35. The van der Waals surface area contributed by atoms with Crippen LogP contribution in [-0.4, -0.2) is 24.6 Å². The summed E-state index contributed by atoms with van der Waals surface area (Å²) in [4.78, 5) is 24.3. The molecule has 0 aliphatic carbocycles. The van der Waals surface area contributed by atoms with Crippen molar-refractivity contribution in [3.05, 3.63) is 57.8 Å². The maximum absolute atomic E-state index is 11.8. The van der Waals surface area contributed by atoms with Crippen LogP contribution in [0.25, 0.3) is 0 Å². The Hall–Kier alpha value is -2.47. The monoisotopic (exact) mass is 301 g/mol. The van der Waals surface area contributed by atoms with E-state index in [0.29, 0.717) is 5.56 Å². The van der Waals surface area contributed by atoms with Crippen molar-refractivity contribution in [2.24, 2.45) is 5.10 Å². The first kappa shape index (κ1) is 14.9. The number of carbonyl (C=O) groups excluding carboxylic acids is 2. The third-order valence-electron chi connectivity index (χ3n) is 2.65. The summed E-state index contributed by atoms with van der Waals surface area (Å²) in [6, 6.07) is 10.9. The predicted molar refractivity (Wildman–Crippen MR) is 83.6 cm³/mol. The molecule has 2 amide bonds. The number of amides is 2. The van der Waals surface area contributed by atoms with Gasteiger partial charge in [0.1, 0.15) is 0 Å². The zero-order chi connectivity index (χ0) is 15.1. The van der Waals surface area contributed by atoms with Crippen molar-refractivity contribution in [3.63, 3.8) is 0 Å². The highest BCUT2D eigenvalue weighted by atomic mass is 32.1. The van der Waals surface area contributed by atoms with Crippen molar-refractivity contribution in [1.29, 1.82) is 0 Å². The molecule has 0 aliphatic heterocycles. The van der Waals surface area contributed by atoms with Crippen LogP contribution in [0.3, 0.4) is 0 Å². The fourth-order valence-electron chi connectivity index (χ4n) is 1.54. The van der Waals surface area contributed by atoms with Crippen LogP contribution < -0.4 is 10.7 Å². The molecule has 6 heteroatoms. The molecule has 2 N–H and O–H groups in total. The molecule has 2 aromatic rings. The van der Waals surface area contributed by atoms with Gasteiger partial charge in [0.05, 0.1) is 12.8 Å². The van der Waals surface area contributed by atoms with E-state index in [1.165, 1.54) is 11.3 Å². The molecule has 5 nitrogen and oxygen atoms in total. The molecule has 0 radical (unpaired) electrons. The van der Waals surface area contributed by atoms with Gasteiger partial charge >= 0.3 is 0 Å². The van der Waals surface area contributed by atoms with Gasteiger partial charge in [-0.05, 0) is 30.5 Å². The third kappa shape index (κ3) is 4.85. The predicted octanol–water partition coefficient (Wildman–Crippen LogP) is 1.94. The second kappa shape index (κ2) is 7.35. The van der Waals surface area contributed by atoms with E-state index in [9.17, 15) is 9.59 Å². The van der Waals surface area contributed by atoms with E-state index >= 15 is 0 Å². The van der Waals surface area contributed by atoms with Crippen LogP contribution in [0.1, 0.15) is 20.8 Å². The fraction of sp³-hybridized carbons (Fsp3) is 0.133. The summed E-state index contributed by atoms with van der Waals surface area (Å²) in [6.07, 6.45) is 1.56. The Labute approximate surface area is 126 Å². The normalized spacial score (nSPS) is 10.5. The molecule has 21 heavy (non-hydrogen) atoms. The third-order valence-corrected chi connectivity index (χ3v) is 3.45. The van der Waals surface area contributed by atoms with Crippen LogP contribution in [0.5, 0.6) is 0 Å². The first-order valence-corrected chi connectivity index (χ1v) is 7.23. The Morgan fingerprint density at radius 1 is 1.24 bits per heavy atom. The van der Waals surface area contributed by atoms with Gasteiger partial charge in [0.25, 0.3) is 11.8 Å². The van der Waals surface area contributed by atoms with E-state index in [1.54, 1.807) is 18.3 Å². The Kier molecular flexibility index (Phi) is 5.22. The summed E-state index contributed by atoms with van der Waals surface area (Å²) in [5.41, 5.74) is 3.96. The van der Waals surface area contributed by atoms with Crippen LogP contribution in [0.2, 0.25) is 0 Å². The SMILES string of the molecule is Cc1ccc(C(=O)NCC(=O)N/N=C/c2cccs2)cc1. The molecular weight excluding hydrogens is 286 g/mol. The molecule has 0 aliphatic rings. The van der Waals surface area contributed by atoms with Gasteiger partial charge in [-0.1, -0.05) is 23.8 Å². The molecular formula is C15H15N3O2S. The van der Waals surface area contributed by atoms with Crippen molar-refractivity contribution in [2.45, 2.75) is 6.92 Å². The van der Waals surface area contributed by atoms with Crippen LogP contribution in [0.4, 0.5) is 0 Å². The Morgan fingerprint density at radius 2 is 2.00 bits per heavy atom. The molecule has 0 saturated carbocycles. The van der Waals surface area contributed by atoms with E-state index in [1.807, 2.05) is 36.6 Å². The molecule has 0 bridgehead atoms. The minimum absolute atomic E-state index is 0.117. The van der Waals surface area contributed by atoms with Gasteiger partial charge in [-0.3, -0.25) is 9.59 Å². The maximum atomic E-state index is 11.8. The van der Waals surface area contributed by atoms with E-state index in [-0.39, 0.29) is 18.4 Å². The van der Waals surface area contributed by atoms with E-state index < -0.39 is 0 Å². The minimum Gasteiger partial charge on any atom is -0.343 e. The number of hydrogen-bond acceptors (Lipinski definition) is 4. The highest BCUT2D eigenvalue weighted by Gasteiger charge is 2.06. The molecule has 108 valence electrons. The van der Waals surface area contributed by atoms with Gasteiger partial charge < -0.3 is 5.32 Å². The lowest BCUT2D eigenvalue weighted by Crippen LogP contribution is -2.34. The number of thiophene rings is 1. The van der Waals surface area contributed by atoms with Crippen LogP contribution in [0, 0.1) is 6.92 Å². The quantitative estimate of drug-likeness (QED) is 0.654. The second-order valence-electron chi connectivity index (χ2n) is 4.36. The van der Waals surface area contributed by atoms with Crippen LogP contribution in [-0.2, 0) is 4.79 Å². The Morgan fingerprint density at radius 3 is 2.67 bits per heavy atom. The van der Waals surface area contributed by atoms with Crippen molar-refractivity contribution in [2.75, 3.05) is 6.54 Å². The molecule has 0 fully saturated rings. The molecule has 1 aromatic carbocycles. The molecule has 0 saturated heterocycles. The van der Waals surface area contributed by atoms with Crippen molar-refractivity contribution >= 4 is 29.4 Å². The summed E-state index contributed by atoms with van der Waals surface area (Å²) >= 11 is 1.52. The summed E-state index contributed by atoms with van der Waals surface area (Å²) in [7, 11) is 0. The number of hydrazone groups is 1. The number of carbonyl (C=O) groups is 2. The van der Waals surface area contributed by atoms with E-state index in [2.05, 4.69) is 15.8 Å². The van der Waals surface area contributed by atoms with Gasteiger partial charge in [-0.2, -0.15) is 5.10 Å². The number of aryl methyl sites for hydroxylation is 1. The topological polar surface area (TPSA) is 70.6 Å². The number of rotatable bonds is 5. The lowest BCUT2D eigenvalue weighted by atomic mass is 10.1. The van der Waals surface area contributed by atoms with Gasteiger partial charge in [-0.15, -0.1) is 11.3 Å². The molecule has 0 atom stereocenters. The van der Waals surface area contributed by atoms with Crippen LogP contribution in [0.15, 0.2) is 46.9 Å². The number of nitrogens with one attached hydrogen (secondary N) is 2. The summed E-state index contributed by atoms with van der Waals surface area (Å²) in [5, 5.41) is 8.27. The second-order valence-corrected chi connectivity index (χ2v) is 5.34. The molecule has 2 rings (SSSR count). The van der Waals surface area contributed by atoms with E-state index in [4.69, 9.17) is 0 Å². The summed E-state index contributed by atoms with van der Waals surface area (Å²) in [5.74, 6) is -0.657. The Bertz CT molecular complexity index is 633. The molecule has 0 unspecified atom stereocenters. The summed E-state index contributed by atoms with van der Waals surface area (Å²) < 4.78 is 0. The van der Waals surface area contributed by atoms with Gasteiger partial charge in [0.2, 0.25) is 0 Å². The summed E-state index contributed by atoms with van der Waals surface area (Å²) in [6.45, 7) is 1.83. The highest BCUT2D eigenvalue weighted by molar-refractivity contribution is 7.11. The standard InChI is InChI=1S/C15H15N3O2S/c1-11-4-6-12(7-5-11)15(20)16-10-14(19)18-17-9-13-3-2-8-21-13/h2-9H,10H2,1H3,(H,16,20)(H,18,19)/b17-9+. The first-order chi connectivity index (χ1) is 10.1. The fourth-order valence-corrected chi connectivity index (χ4v) is 2.12. The average molecular weight is 301 g/mol. The Balaban J connectivity index is 1.76. The van der Waals surface area contributed by atoms with Gasteiger partial charge in [0, 0.05) is 10.4 Å². The smallest absolute Gasteiger partial charge is 0.259 e. The molecule has 0 spiro atoms.